The van der Waals surface area contributed by atoms with Gasteiger partial charge in [0.2, 0.25) is 11.8 Å². The highest BCUT2D eigenvalue weighted by Crippen LogP contribution is 2.17. The van der Waals surface area contributed by atoms with E-state index in [1.807, 2.05) is 0 Å². The molecule has 0 aromatic heterocycles. The minimum Gasteiger partial charge on any atom is -0.396 e. The van der Waals surface area contributed by atoms with Gasteiger partial charge in [0.15, 0.2) is 0 Å². The van der Waals surface area contributed by atoms with Crippen LogP contribution in [-0.2, 0) is 9.59 Å². The molecule has 8 heteroatoms. The van der Waals surface area contributed by atoms with E-state index in [-0.39, 0.29) is 18.5 Å². The quantitative estimate of drug-likeness (QED) is 0.528. The number of hydrogen-bond donors (Lipinski definition) is 3. The lowest BCUT2D eigenvalue weighted by Crippen LogP contribution is -2.52. The van der Waals surface area contributed by atoms with Crippen molar-refractivity contribution in [1.82, 2.24) is 10.6 Å². The minimum atomic E-state index is -1.08. The summed E-state index contributed by atoms with van der Waals surface area (Å²) in [6.45, 7) is 0. The molecule has 0 aliphatic carbocycles. The van der Waals surface area contributed by atoms with Crippen molar-refractivity contribution in [2.75, 3.05) is 5.73 Å². The average molecular weight is 283 g/mol. The molecule has 2 rings (SSSR count). The van der Waals surface area contributed by atoms with Crippen LogP contribution in [-0.4, -0.2) is 23.8 Å². The van der Waals surface area contributed by atoms with E-state index in [4.69, 9.17) is 5.73 Å². The van der Waals surface area contributed by atoms with Crippen LogP contribution >= 0.6 is 0 Å². The van der Waals surface area contributed by atoms with Gasteiger partial charge in [-0.05, 0) is 12.5 Å². The number of nitrogens with one attached hydrogen (secondary N) is 2. The Balaban J connectivity index is 2.14. The third-order valence-corrected chi connectivity index (χ3v) is 2.88. The average Bonchev–Trinajstić information content (AvgIpc) is 2.37. The summed E-state index contributed by atoms with van der Waals surface area (Å²) in [5, 5.41) is 4.32. The first-order chi connectivity index (χ1) is 9.38. The van der Waals surface area contributed by atoms with Gasteiger partial charge in [-0.15, -0.1) is 0 Å². The molecule has 1 aliphatic heterocycles. The number of amides is 3. The van der Waals surface area contributed by atoms with E-state index in [1.165, 1.54) is 0 Å². The maximum absolute atomic E-state index is 13.5. The van der Waals surface area contributed by atoms with E-state index in [2.05, 4.69) is 10.6 Å². The summed E-state index contributed by atoms with van der Waals surface area (Å²) in [6.07, 6.45) is 0.194. The molecular weight excluding hydrogens is 272 g/mol. The fourth-order valence-electron chi connectivity index (χ4n) is 1.81. The van der Waals surface area contributed by atoms with Gasteiger partial charge in [0.05, 0.1) is 11.3 Å². The van der Waals surface area contributed by atoms with E-state index in [1.54, 1.807) is 0 Å². The summed E-state index contributed by atoms with van der Waals surface area (Å²) in [4.78, 5) is 34.2. The SMILES string of the molecule is Nc1cc(C(=O)NC2CCC(=O)NC2=O)c(F)cc1F. The van der Waals surface area contributed by atoms with Crippen LogP contribution in [0.25, 0.3) is 0 Å². The van der Waals surface area contributed by atoms with Gasteiger partial charge in [-0.25, -0.2) is 8.78 Å². The highest BCUT2D eigenvalue weighted by atomic mass is 19.1. The number of rotatable bonds is 2. The second kappa shape index (κ2) is 5.24. The molecule has 3 amide bonds. The smallest absolute Gasteiger partial charge is 0.254 e. The van der Waals surface area contributed by atoms with Crippen LogP contribution in [0.5, 0.6) is 0 Å². The van der Waals surface area contributed by atoms with Gasteiger partial charge in [0.25, 0.3) is 5.91 Å². The topological polar surface area (TPSA) is 101 Å². The normalized spacial score (nSPS) is 18.6. The summed E-state index contributed by atoms with van der Waals surface area (Å²) < 4.78 is 26.5. The van der Waals surface area contributed by atoms with Gasteiger partial charge in [-0.3, -0.25) is 19.7 Å². The Labute approximate surface area is 112 Å². The fourth-order valence-corrected chi connectivity index (χ4v) is 1.81. The van der Waals surface area contributed by atoms with Gasteiger partial charge < -0.3 is 11.1 Å². The molecule has 1 unspecified atom stereocenters. The van der Waals surface area contributed by atoms with Crippen LogP contribution < -0.4 is 16.4 Å². The van der Waals surface area contributed by atoms with E-state index < -0.39 is 41.0 Å². The van der Waals surface area contributed by atoms with Gasteiger partial charge in [-0.2, -0.15) is 0 Å². The zero-order valence-corrected chi connectivity index (χ0v) is 10.2. The van der Waals surface area contributed by atoms with Crippen LogP contribution in [0.3, 0.4) is 0 Å². The molecule has 1 aromatic rings. The van der Waals surface area contributed by atoms with Crippen molar-refractivity contribution in [3.8, 4) is 0 Å². The number of carbonyl (C=O) groups excluding carboxylic acids is 3. The van der Waals surface area contributed by atoms with Crippen molar-refractivity contribution in [3.05, 3.63) is 29.3 Å². The molecule has 1 heterocycles. The molecule has 0 bridgehead atoms. The molecular formula is C12H11F2N3O3. The lowest BCUT2D eigenvalue weighted by molar-refractivity contribution is -0.134. The summed E-state index contributed by atoms with van der Waals surface area (Å²) in [7, 11) is 0. The number of imide groups is 1. The minimum absolute atomic E-state index is 0.0741. The Hall–Kier alpha value is -2.51. The van der Waals surface area contributed by atoms with Crippen LogP contribution in [0, 0.1) is 11.6 Å². The van der Waals surface area contributed by atoms with Gasteiger partial charge in [-0.1, -0.05) is 0 Å². The molecule has 1 fully saturated rings. The van der Waals surface area contributed by atoms with E-state index in [0.717, 1.165) is 6.07 Å². The number of anilines is 1. The molecule has 4 N–H and O–H groups in total. The molecule has 0 spiro atoms. The second-order valence-corrected chi connectivity index (χ2v) is 4.33. The number of nitrogens with two attached hydrogens (primary N) is 1. The Kier molecular flexibility index (Phi) is 3.64. The number of halogens is 2. The van der Waals surface area contributed by atoms with Gasteiger partial charge in [0.1, 0.15) is 17.7 Å². The van der Waals surface area contributed by atoms with Crippen molar-refractivity contribution in [2.24, 2.45) is 0 Å². The zero-order chi connectivity index (χ0) is 14.9. The van der Waals surface area contributed by atoms with E-state index >= 15 is 0 Å². The Morgan fingerprint density at radius 2 is 2.00 bits per heavy atom. The van der Waals surface area contributed by atoms with Crippen molar-refractivity contribution in [3.63, 3.8) is 0 Å². The number of piperidine rings is 1. The highest BCUT2D eigenvalue weighted by molar-refractivity contribution is 6.04. The molecule has 1 aliphatic rings. The molecule has 0 saturated carbocycles. The summed E-state index contributed by atoms with van der Waals surface area (Å²) in [6, 6.07) is 0.409. The first-order valence-electron chi connectivity index (χ1n) is 5.77. The number of benzene rings is 1. The maximum Gasteiger partial charge on any atom is 0.254 e. The zero-order valence-electron chi connectivity index (χ0n) is 10.2. The monoisotopic (exact) mass is 283 g/mol. The summed E-state index contributed by atoms with van der Waals surface area (Å²) >= 11 is 0. The molecule has 0 radical (unpaired) electrons. The number of hydrogen-bond acceptors (Lipinski definition) is 4. The lowest BCUT2D eigenvalue weighted by Gasteiger charge is -2.21. The molecule has 20 heavy (non-hydrogen) atoms. The maximum atomic E-state index is 13.5. The Bertz CT molecular complexity index is 604. The van der Waals surface area contributed by atoms with Crippen molar-refractivity contribution in [2.45, 2.75) is 18.9 Å². The van der Waals surface area contributed by atoms with E-state index in [9.17, 15) is 23.2 Å². The third-order valence-electron chi connectivity index (χ3n) is 2.88. The van der Waals surface area contributed by atoms with E-state index in [0.29, 0.717) is 6.07 Å². The molecule has 6 nitrogen and oxygen atoms in total. The summed E-state index contributed by atoms with van der Waals surface area (Å²) in [5.74, 6) is -4.05. The number of carbonyl (C=O) groups is 3. The first kappa shape index (κ1) is 13.9. The highest BCUT2D eigenvalue weighted by Gasteiger charge is 2.29. The van der Waals surface area contributed by atoms with Gasteiger partial charge in [0, 0.05) is 12.5 Å². The molecule has 106 valence electrons. The Morgan fingerprint density at radius 1 is 1.30 bits per heavy atom. The fraction of sp³-hybridized carbons (Fsp3) is 0.250. The van der Waals surface area contributed by atoms with Crippen molar-refractivity contribution < 1.29 is 23.2 Å². The summed E-state index contributed by atoms with van der Waals surface area (Å²) in [5.41, 5.74) is 4.42. The lowest BCUT2D eigenvalue weighted by atomic mass is 10.1. The van der Waals surface area contributed by atoms with Gasteiger partial charge >= 0.3 is 0 Å². The molecule has 1 atom stereocenters. The Morgan fingerprint density at radius 3 is 2.65 bits per heavy atom. The first-order valence-corrected chi connectivity index (χ1v) is 5.77. The molecule has 1 saturated heterocycles. The predicted molar refractivity (Wildman–Crippen MR) is 64.4 cm³/mol. The van der Waals surface area contributed by atoms with Crippen LogP contribution in [0.15, 0.2) is 12.1 Å². The standard InChI is InChI=1S/C12H11F2N3O3/c13-6-4-7(14)8(15)3-5(6)11(19)16-9-1-2-10(18)17-12(9)20/h3-4,9H,1-2,15H2,(H,16,19)(H,17,18,20). The van der Waals surface area contributed by atoms with Crippen LogP contribution in [0.4, 0.5) is 14.5 Å². The van der Waals surface area contributed by atoms with Crippen molar-refractivity contribution in [1.29, 1.82) is 0 Å². The van der Waals surface area contributed by atoms with Crippen LogP contribution in [0.1, 0.15) is 23.2 Å². The van der Waals surface area contributed by atoms with Crippen molar-refractivity contribution >= 4 is 23.4 Å². The predicted octanol–water partition coefficient (Wildman–Crippen LogP) is 0.0820. The third kappa shape index (κ3) is 2.73. The van der Waals surface area contributed by atoms with Crippen LogP contribution in [0.2, 0.25) is 0 Å². The molecule has 1 aromatic carbocycles. The largest absolute Gasteiger partial charge is 0.396 e. The second-order valence-electron chi connectivity index (χ2n) is 4.33. The number of nitrogen functional groups attached to an aromatic ring is 1.